The first kappa shape index (κ1) is 12.4. The molecule has 1 aromatic rings. The van der Waals surface area contributed by atoms with Crippen molar-refractivity contribution in [2.45, 2.75) is 39.0 Å². The van der Waals surface area contributed by atoms with E-state index in [0.29, 0.717) is 18.0 Å². The van der Waals surface area contributed by atoms with Crippen molar-refractivity contribution in [3.05, 3.63) is 12.3 Å². The molecule has 1 fully saturated rings. The van der Waals surface area contributed by atoms with Crippen LogP contribution in [-0.4, -0.2) is 46.5 Å². The van der Waals surface area contributed by atoms with E-state index in [1.165, 1.54) is 0 Å². The predicted molar refractivity (Wildman–Crippen MR) is 67.7 cm³/mol. The number of nitrogen functional groups attached to an aromatic ring is 1. The molecule has 1 aromatic heterocycles. The zero-order valence-corrected chi connectivity index (χ0v) is 10.7. The smallest absolute Gasteiger partial charge is 0.145 e. The fourth-order valence-corrected chi connectivity index (χ4v) is 2.43. The molecule has 0 radical (unpaired) electrons. The minimum atomic E-state index is 0.346. The topological polar surface area (TPSA) is 56.3 Å². The number of aromatic nitrogens is 2. The molecule has 5 heteroatoms. The van der Waals surface area contributed by atoms with Crippen LogP contribution in [0.25, 0.3) is 0 Å². The third kappa shape index (κ3) is 3.71. The number of ether oxygens (including phenoxy) is 1. The number of morpholine rings is 1. The van der Waals surface area contributed by atoms with Gasteiger partial charge in [-0.05, 0) is 26.3 Å². The van der Waals surface area contributed by atoms with Crippen LogP contribution in [0.15, 0.2) is 12.3 Å². The van der Waals surface area contributed by atoms with E-state index < -0.39 is 0 Å². The number of aryl methyl sites for hydroxylation is 1. The molecule has 96 valence electrons. The molecule has 0 aliphatic carbocycles. The zero-order valence-electron chi connectivity index (χ0n) is 10.7. The number of hydrogen-bond donors (Lipinski definition) is 1. The van der Waals surface area contributed by atoms with Crippen molar-refractivity contribution in [2.75, 3.05) is 25.4 Å². The summed E-state index contributed by atoms with van der Waals surface area (Å²) < 4.78 is 7.61. The maximum atomic E-state index is 5.71. The number of hydrogen-bond acceptors (Lipinski definition) is 4. The van der Waals surface area contributed by atoms with Gasteiger partial charge in [0.15, 0.2) is 0 Å². The first-order valence-corrected chi connectivity index (χ1v) is 6.30. The molecule has 1 aliphatic rings. The Morgan fingerprint density at radius 3 is 2.65 bits per heavy atom. The van der Waals surface area contributed by atoms with E-state index in [2.05, 4.69) is 23.8 Å². The lowest BCUT2D eigenvalue weighted by Crippen LogP contribution is -2.45. The summed E-state index contributed by atoms with van der Waals surface area (Å²) in [5.74, 6) is 0.596. The second-order valence-electron chi connectivity index (χ2n) is 4.87. The molecular weight excluding hydrogens is 216 g/mol. The molecule has 0 unspecified atom stereocenters. The highest BCUT2D eigenvalue weighted by Gasteiger charge is 2.21. The Labute approximate surface area is 103 Å². The van der Waals surface area contributed by atoms with Gasteiger partial charge < -0.3 is 10.5 Å². The average molecular weight is 238 g/mol. The average Bonchev–Trinajstić information content (AvgIpc) is 2.63. The van der Waals surface area contributed by atoms with Crippen molar-refractivity contribution >= 4 is 5.82 Å². The number of rotatable bonds is 4. The molecular formula is C12H22N4O. The minimum absolute atomic E-state index is 0.346. The van der Waals surface area contributed by atoms with Gasteiger partial charge in [-0.1, -0.05) is 0 Å². The van der Waals surface area contributed by atoms with Crippen molar-refractivity contribution in [1.82, 2.24) is 14.7 Å². The second-order valence-corrected chi connectivity index (χ2v) is 4.87. The summed E-state index contributed by atoms with van der Waals surface area (Å²) in [7, 11) is 0. The van der Waals surface area contributed by atoms with Crippen LogP contribution in [0.2, 0.25) is 0 Å². The van der Waals surface area contributed by atoms with Crippen LogP contribution in [0, 0.1) is 0 Å². The standard InChI is InChI=1S/C12H22N4O/c1-10-8-15(9-11(2)17-10)5-3-6-16-7-4-12(13)14-16/h4,7,10-11H,3,5-6,8-9H2,1-2H3,(H2,13,14)/t10-,11+. The highest BCUT2D eigenvalue weighted by molar-refractivity contribution is 5.23. The summed E-state index contributed by atoms with van der Waals surface area (Å²) in [5.41, 5.74) is 5.57. The molecule has 0 bridgehead atoms. The van der Waals surface area contributed by atoms with E-state index in [9.17, 15) is 0 Å². The fourth-order valence-electron chi connectivity index (χ4n) is 2.43. The summed E-state index contributed by atoms with van der Waals surface area (Å²) in [6.45, 7) is 8.36. The van der Waals surface area contributed by atoms with Crippen LogP contribution in [0.4, 0.5) is 5.82 Å². The van der Waals surface area contributed by atoms with Crippen LogP contribution in [0.1, 0.15) is 20.3 Å². The van der Waals surface area contributed by atoms with Crippen LogP contribution in [0.3, 0.4) is 0 Å². The van der Waals surface area contributed by atoms with Gasteiger partial charge in [-0.15, -0.1) is 0 Å². The van der Waals surface area contributed by atoms with Crippen molar-refractivity contribution in [1.29, 1.82) is 0 Å². The number of anilines is 1. The molecule has 0 amide bonds. The van der Waals surface area contributed by atoms with Crippen molar-refractivity contribution < 1.29 is 4.74 Å². The molecule has 2 rings (SSSR count). The van der Waals surface area contributed by atoms with Gasteiger partial charge >= 0.3 is 0 Å². The molecule has 0 saturated carbocycles. The van der Waals surface area contributed by atoms with Crippen LogP contribution in [0.5, 0.6) is 0 Å². The van der Waals surface area contributed by atoms with Crippen LogP contribution < -0.4 is 5.73 Å². The van der Waals surface area contributed by atoms with Crippen molar-refractivity contribution in [3.8, 4) is 0 Å². The summed E-state index contributed by atoms with van der Waals surface area (Å²) in [5, 5.41) is 4.17. The van der Waals surface area contributed by atoms with Crippen LogP contribution in [-0.2, 0) is 11.3 Å². The van der Waals surface area contributed by atoms with Gasteiger partial charge in [0.25, 0.3) is 0 Å². The fraction of sp³-hybridized carbons (Fsp3) is 0.750. The zero-order chi connectivity index (χ0) is 12.3. The van der Waals surface area contributed by atoms with E-state index in [1.54, 1.807) is 0 Å². The largest absolute Gasteiger partial charge is 0.382 e. The SMILES string of the molecule is C[C@@H]1CN(CCCn2ccc(N)n2)C[C@H](C)O1. The van der Waals surface area contributed by atoms with Crippen molar-refractivity contribution in [2.24, 2.45) is 0 Å². The monoisotopic (exact) mass is 238 g/mol. The Morgan fingerprint density at radius 2 is 2.06 bits per heavy atom. The predicted octanol–water partition coefficient (Wildman–Crippen LogP) is 0.965. The lowest BCUT2D eigenvalue weighted by Gasteiger charge is -2.35. The summed E-state index contributed by atoms with van der Waals surface area (Å²) >= 11 is 0. The highest BCUT2D eigenvalue weighted by atomic mass is 16.5. The van der Waals surface area contributed by atoms with E-state index in [-0.39, 0.29) is 0 Å². The van der Waals surface area contributed by atoms with Gasteiger partial charge in [-0.3, -0.25) is 9.58 Å². The van der Waals surface area contributed by atoms with Crippen LogP contribution >= 0.6 is 0 Å². The van der Waals surface area contributed by atoms with Gasteiger partial charge in [0.1, 0.15) is 5.82 Å². The minimum Gasteiger partial charge on any atom is -0.382 e. The van der Waals surface area contributed by atoms with Gasteiger partial charge in [0, 0.05) is 32.4 Å². The molecule has 1 saturated heterocycles. The highest BCUT2D eigenvalue weighted by Crippen LogP contribution is 2.11. The molecule has 2 N–H and O–H groups in total. The maximum absolute atomic E-state index is 5.71. The molecule has 0 spiro atoms. The molecule has 1 aliphatic heterocycles. The quantitative estimate of drug-likeness (QED) is 0.849. The van der Waals surface area contributed by atoms with E-state index in [4.69, 9.17) is 10.5 Å². The molecule has 2 atom stereocenters. The number of nitrogens with two attached hydrogens (primary N) is 1. The van der Waals surface area contributed by atoms with E-state index in [0.717, 1.165) is 32.6 Å². The third-order valence-electron chi connectivity index (χ3n) is 3.02. The van der Waals surface area contributed by atoms with Gasteiger partial charge in [-0.25, -0.2) is 0 Å². The Bertz CT molecular complexity index is 342. The normalized spacial score (nSPS) is 26.2. The molecule has 5 nitrogen and oxygen atoms in total. The first-order valence-electron chi connectivity index (χ1n) is 6.30. The summed E-state index contributed by atoms with van der Waals surface area (Å²) in [4.78, 5) is 2.46. The van der Waals surface area contributed by atoms with E-state index >= 15 is 0 Å². The van der Waals surface area contributed by atoms with Crippen molar-refractivity contribution in [3.63, 3.8) is 0 Å². The number of nitrogens with zero attached hydrogens (tertiary/aromatic N) is 3. The third-order valence-corrected chi connectivity index (χ3v) is 3.02. The van der Waals surface area contributed by atoms with Gasteiger partial charge in [-0.2, -0.15) is 5.10 Å². The Balaban J connectivity index is 1.71. The molecule has 17 heavy (non-hydrogen) atoms. The first-order chi connectivity index (χ1) is 8.13. The van der Waals surface area contributed by atoms with E-state index in [1.807, 2.05) is 16.9 Å². The Hall–Kier alpha value is -1.07. The van der Waals surface area contributed by atoms with Gasteiger partial charge in [0.2, 0.25) is 0 Å². The summed E-state index contributed by atoms with van der Waals surface area (Å²) in [6, 6.07) is 1.83. The maximum Gasteiger partial charge on any atom is 0.145 e. The second kappa shape index (κ2) is 5.51. The van der Waals surface area contributed by atoms with Gasteiger partial charge in [0.05, 0.1) is 12.2 Å². The lowest BCUT2D eigenvalue weighted by atomic mass is 10.2. The summed E-state index contributed by atoms with van der Waals surface area (Å²) in [6.07, 6.45) is 3.72. The Kier molecular flexibility index (Phi) is 4.02. The molecule has 2 heterocycles. The Morgan fingerprint density at radius 1 is 1.35 bits per heavy atom. The molecule has 0 aromatic carbocycles. The lowest BCUT2D eigenvalue weighted by molar-refractivity contribution is -0.0683.